The Labute approximate surface area is 221 Å². The summed E-state index contributed by atoms with van der Waals surface area (Å²) in [5.74, 6) is -0.344. The molecule has 2 amide bonds. The highest BCUT2D eigenvalue weighted by atomic mass is 32.2. The molecule has 202 valence electrons. The minimum Gasteiger partial charge on any atom is -0.496 e. The fourth-order valence-electron chi connectivity index (χ4n) is 3.85. The molecule has 2 N–H and O–H groups in total. The molecule has 2 aromatic rings. The van der Waals surface area contributed by atoms with Crippen LogP contribution in [0, 0.1) is 18.3 Å². The van der Waals surface area contributed by atoms with Crippen LogP contribution in [-0.2, 0) is 27.1 Å². The van der Waals surface area contributed by atoms with E-state index < -0.39 is 29.9 Å². The summed E-state index contributed by atoms with van der Waals surface area (Å²) >= 11 is 0.797. The molecule has 13 heteroatoms. The number of rotatable bonds is 9. The van der Waals surface area contributed by atoms with Crippen molar-refractivity contribution in [1.82, 2.24) is 15.6 Å². The van der Waals surface area contributed by atoms with E-state index in [1.807, 2.05) is 6.07 Å². The quantitative estimate of drug-likeness (QED) is 0.348. The van der Waals surface area contributed by atoms with Crippen molar-refractivity contribution in [3.8, 4) is 11.8 Å². The number of aryl methyl sites for hydroxylation is 1. The second-order valence-electron chi connectivity index (χ2n) is 8.05. The third-order valence-electron chi connectivity index (χ3n) is 5.53. The van der Waals surface area contributed by atoms with E-state index in [9.17, 15) is 28.0 Å². The summed E-state index contributed by atoms with van der Waals surface area (Å²) in [5.41, 5.74) is 0.310. The second kappa shape index (κ2) is 12.2. The molecular weight excluding hydrogens is 525 g/mol. The number of carbonyl (C=O) groups is 2. The van der Waals surface area contributed by atoms with E-state index >= 15 is 0 Å². The van der Waals surface area contributed by atoms with Crippen LogP contribution in [0.5, 0.6) is 5.75 Å². The van der Waals surface area contributed by atoms with E-state index in [-0.39, 0.29) is 46.4 Å². The monoisotopic (exact) mass is 550 g/mol. The zero-order valence-electron chi connectivity index (χ0n) is 21.0. The molecule has 0 spiro atoms. The summed E-state index contributed by atoms with van der Waals surface area (Å²) in [7, 11) is 3.01. The lowest BCUT2D eigenvalue weighted by Crippen LogP contribution is -2.46. The predicted octanol–water partition coefficient (Wildman–Crippen LogP) is 4.40. The Morgan fingerprint density at radius 2 is 2.00 bits per heavy atom. The lowest BCUT2D eigenvalue weighted by Gasteiger charge is -2.29. The van der Waals surface area contributed by atoms with Gasteiger partial charge in [0, 0.05) is 24.1 Å². The van der Waals surface area contributed by atoms with Gasteiger partial charge in [-0.2, -0.15) is 18.4 Å². The fraction of sp³-hybridized carbons (Fsp3) is 0.360. The SMILES string of the molecule is CCOC(=O)C1=C(CSc2nc(C(F)(F)F)cc(C)c2C#N)NC(=O)N[C@H]1c1ccc(OC)c(COC)c1. The van der Waals surface area contributed by atoms with Crippen LogP contribution in [-0.4, -0.2) is 43.6 Å². The van der Waals surface area contributed by atoms with Crippen molar-refractivity contribution in [3.63, 3.8) is 0 Å². The van der Waals surface area contributed by atoms with Crippen molar-refractivity contribution in [2.75, 3.05) is 26.6 Å². The van der Waals surface area contributed by atoms with Crippen LogP contribution in [0.4, 0.5) is 18.0 Å². The molecule has 1 aromatic heterocycles. The molecule has 1 aliphatic heterocycles. The maximum atomic E-state index is 13.4. The summed E-state index contributed by atoms with van der Waals surface area (Å²) < 4.78 is 55.9. The molecule has 1 atom stereocenters. The first kappa shape index (κ1) is 28.8. The molecule has 0 saturated carbocycles. The topological polar surface area (TPSA) is 123 Å². The van der Waals surface area contributed by atoms with Crippen LogP contribution >= 0.6 is 11.8 Å². The first-order valence-corrected chi connectivity index (χ1v) is 12.3. The van der Waals surface area contributed by atoms with E-state index in [0.717, 1.165) is 17.8 Å². The van der Waals surface area contributed by atoms with Gasteiger partial charge in [0.1, 0.15) is 22.5 Å². The highest BCUT2D eigenvalue weighted by Crippen LogP contribution is 2.36. The van der Waals surface area contributed by atoms with E-state index in [2.05, 4.69) is 15.6 Å². The standard InChI is InChI=1S/C25H25F3N4O5S/c1-5-37-23(33)20-17(12-38-22-16(10-29)13(2)8-19(31-22)25(26,27)28)30-24(34)32-21(20)14-6-7-18(36-4)15(9-14)11-35-3/h6-9,21H,5,11-12H2,1-4H3,(H2,30,32,34)/t21-/m0/s1. The Bertz CT molecular complexity index is 1310. The molecule has 1 aliphatic rings. The number of esters is 1. The first-order chi connectivity index (χ1) is 18.0. The average Bonchev–Trinajstić information content (AvgIpc) is 2.86. The van der Waals surface area contributed by atoms with Crippen molar-refractivity contribution < 1.29 is 37.0 Å². The molecule has 0 aliphatic carbocycles. The van der Waals surface area contributed by atoms with E-state index in [4.69, 9.17) is 14.2 Å². The highest BCUT2D eigenvalue weighted by molar-refractivity contribution is 7.99. The van der Waals surface area contributed by atoms with Gasteiger partial charge < -0.3 is 24.8 Å². The molecule has 0 radical (unpaired) electrons. The summed E-state index contributed by atoms with van der Waals surface area (Å²) in [6.45, 7) is 3.25. The van der Waals surface area contributed by atoms with Crippen LogP contribution in [0.25, 0.3) is 0 Å². The van der Waals surface area contributed by atoms with Gasteiger partial charge in [-0.25, -0.2) is 14.6 Å². The molecule has 3 rings (SSSR count). The number of methoxy groups -OCH3 is 2. The van der Waals surface area contributed by atoms with E-state index in [1.54, 1.807) is 25.1 Å². The number of hydrogen-bond acceptors (Lipinski definition) is 8. The molecule has 38 heavy (non-hydrogen) atoms. The van der Waals surface area contributed by atoms with Gasteiger partial charge in [0.15, 0.2) is 0 Å². The van der Waals surface area contributed by atoms with Crippen LogP contribution in [0.1, 0.15) is 40.9 Å². The number of aromatic nitrogens is 1. The first-order valence-electron chi connectivity index (χ1n) is 11.3. The van der Waals surface area contributed by atoms with Crippen molar-refractivity contribution in [2.24, 2.45) is 0 Å². The Morgan fingerprint density at radius 1 is 1.26 bits per heavy atom. The molecule has 0 bridgehead atoms. The fourth-order valence-corrected chi connectivity index (χ4v) is 4.87. The number of thioether (sulfide) groups is 1. The zero-order valence-corrected chi connectivity index (χ0v) is 21.8. The normalized spacial score (nSPS) is 15.4. The molecule has 1 aromatic carbocycles. The highest BCUT2D eigenvalue weighted by Gasteiger charge is 2.36. The molecular formula is C25H25F3N4O5S. The molecule has 0 fully saturated rings. The van der Waals surface area contributed by atoms with Gasteiger partial charge in [-0.1, -0.05) is 17.8 Å². The van der Waals surface area contributed by atoms with Gasteiger partial charge in [0.25, 0.3) is 0 Å². The Morgan fingerprint density at radius 3 is 2.61 bits per heavy atom. The Balaban J connectivity index is 2.08. The number of amides is 2. The lowest BCUT2D eigenvalue weighted by atomic mass is 9.94. The number of benzene rings is 1. The number of nitriles is 1. The number of nitrogens with zero attached hydrogens (tertiary/aromatic N) is 2. The van der Waals surface area contributed by atoms with Crippen LogP contribution in [0.2, 0.25) is 0 Å². The third-order valence-corrected chi connectivity index (χ3v) is 6.53. The minimum atomic E-state index is -4.72. The average molecular weight is 551 g/mol. The lowest BCUT2D eigenvalue weighted by molar-refractivity contribution is -0.141. The molecule has 9 nitrogen and oxygen atoms in total. The van der Waals surface area contributed by atoms with Gasteiger partial charge >= 0.3 is 18.2 Å². The van der Waals surface area contributed by atoms with E-state index in [0.29, 0.717) is 16.9 Å². The number of urea groups is 1. The van der Waals surface area contributed by atoms with Crippen LogP contribution < -0.4 is 15.4 Å². The zero-order chi connectivity index (χ0) is 28.0. The number of pyridine rings is 1. The van der Waals surface area contributed by atoms with Crippen molar-refractivity contribution in [2.45, 2.75) is 37.7 Å². The molecule has 0 unspecified atom stereocenters. The Hall–Kier alpha value is -3.76. The molecule has 2 heterocycles. The number of hydrogen-bond donors (Lipinski definition) is 2. The van der Waals surface area contributed by atoms with Crippen LogP contribution in [0.3, 0.4) is 0 Å². The number of alkyl halides is 3. The minimum absolute atomic E-state index is 0.0301. The third kappa shape index (κ3) is 6.38. The van der Waals surface area contributed by atoms with Gasteiger partial charge in [0.05, 0.1) is 37.5 Å². The van der Waals surface area contributed by atoms with Crippen molar-refractivity contribution in [1.29, 1.82) is 5.26 Å². The maximum absolute atomic E-state index is 13.4. The maximum Gasteiger partial charge on any atom is 0.433 e. The van der Waals surface area contributed by atoms with Crippen LogP contribution in [0.15, 0.2) is 40.6 Å². The largest absolute Gasteiger partial charge is 0.496 e. The summed E-state index contributed by atoms with van der Waals surface area (Å²) in [6, 6.07) is 6.17. The summed E-state index contributed by atoms with van der Waals surface area (Å²) in [4.78, 5) is 29.3. The number of ether oxygens (including phenoxy) is 3. The van der Waals surface area contributed by atoms with Crippen molar-refractivity contribution in [3.05, 3.63) is 63.5 Å². The van der Waals surface area contributed by atoms with Gasteiger partial charge in [-0.3, -0.25) is 0 Å². The van der Waals surface area contributed by atoms with Gasteiger partial charge in [-0.15, -0.1) is 0 Å². The summed E-state index contributed by atoms with van der Waals surface area (Å²) in [5, 5.41) is 14.6. The van der Waals surface area contributed by atoms with Gasteiger partial charge in [0.2, 0.25) is 0 Å². The molecule has 0 saturated heterocycles. The summed E-state index contributed by atoms with van der Waals surface area (Å²) in [6.07, 6.45) is -4.72. The number of halogens is 3. The smallest absolute Gasteiger partial charge is 0.433 e. The van der Waals surface area contributed by atoms with Crippen molar-refractivity contribution >= 4 is 23.8 Å². The predicted molar refractivity (Wildman–Crippen MR) is 131 cm³/mol. The number of nitrogens with one attached hydrogen (secondary N) is 2. The van der Waals surface area contributed by atoms with Gasteiger partial charge in [-0.05, 0) is 43.2 Å². The Kier molecular flexibility index (Phi) is 9.24. The number of carbonyl (C=O) groups excluding carboxylic acids is 2. The van der Waals surface area contributed by atoms with E-state index in [1.165, 1.54) is 21.1 Å². The second-order valence-corrected chi connectivity index (χ2v) is 9.02.